The summed E-state index contributed by atoms with van der Waals surface area (Å²) >= 11 is 0. The molecule has 0 aliphatic carbocycles. The Morgan fingerprint density at radius 2 is 1.85 bits per heavy atom. The molecule has 9 nitrogen and oxygen atoms in total. The van der Waals surface area contributed by atoms with Crippen molar-refractivity contribution in [1.82, 2.24) is 19.4 Å². The molecule has 2 aromatic rings. The van der Waals surface area contributed by atoms with Crippen molar-refractivity contribution in [3.05, 3.63) is 68.3 Å². The third kappa shape index (κ3) is 5.24. The Morgan fingerprint density at radius 3 is 2.41 bits per heavy atom. The van der Waals surface area contributed by atoms with Crippen LogP contribution in [0.15, 0.2) is 46.3 Å². The van der Waals surface area contributed by atoms with E-state index >= 15 is 0 Å². The number of aromatic nitrogens is 2. The van der Waals surface area contributed by atoms with Crippen LogP contribution in [0.25, 0.3) is 6.08 Å². The Labute approximate surface area is 157 Å². The summed E-state index contributed by atoms with van der Waals surface area (Å²) in [5, 5.41) is 11.5. The van der Waals surface area contributed by atoms with Crippen LogP contribution in [0.4, 0.5) is 11.6 Å². The summed E-state index contributed by atoms with van der Waals surface area (Å²) in [6.45, 7) is 0.130. The lowest BCUT2D eigenvalue weighted by molar-refractivity contribution is -0.387. The maximum atomic E-state index is 12.9. The molecule has 1 aromatic carbocycles. The molecular formula is C18H22N6O3. The van der Waals surface area contributed by atoms with Crippen LogP contribution >= 0.6 is 0 Å². The smallest absolute Gasteiger partial charge is 0.359 e. The third-order valence-corrected chi connectivity index (χ3v) is 3.45. The predicted octanol–water partition coefficient (Wildman–Crippen LogP) is 1.95. The molecular weight excluding hydrogens is 348 g/mol. The van der Waals surface area contributed by atoms with Gasteiger partial charge in [0.2, 0.25) is 5.95 Å². The molecule has 0 amide bonds. The van der Waals surface area contributed by atoms with Crippen molar-refractivity contribution < 1.29 is 4.92 Å². The third-order valence-electron chi connectivity index (χ3n) is 3.45. The van der Waals surface area contributed by atoms with Gasteiger partial charge in [-0.3, -0.25) is 19.5 Å². The Kier molecular flexibility index (Phi) is 6.42. The van der Waals surface area contributed by atoms with Crippen LogP contribution in [0.5, 0.6) is 0 Å². The first-order chi connectivity index (χ1) is 12.8. The maximum absolute atomic E-state index is 12.9. The SMILES string of the molecule is CN(C)C=Nc1nc(/C=C/N(C)C)c([N+](=O)[O-])c(=O)n1Cc1ccccc1. The number of nitro groups is 1. The van der Waals surface area contributed by atoms with Gasteiger partial charge in [0.05, 0.1) is 17.8 Å². The average molecular weight is 370 g/mol. The van der Waals surface area contributed by atoms with Crippen molar-refractivity contribution in [2.45, 2.75) is 6.54 Å². The van der Waals surface area contributed by atoms with Crippen molar-refractivity contribution in [3.8, 4) is 0 Å². The van der Waals surface area contributed by atoms with E-state index in [-0.39, 0.29) is 18.2 Å². The summed E-state index contributed by atoms with van der Waals surface area (Å²) in [5.41, 5.74) is -0.543. The average Bonchev–Trinajstić information content (AvgIpc) is 2.60. The predicted molar refractivity (Wildman–Crippen MR) is 105 cm³/mol. The highest BCUT2D eigenvalue weighted by Crippen LogP contribution is 2.19. The Morgan fingerprint density at radius 1 is 1.19 bits per heavy atom. The van der Waals surface area contributed by atoms with Gasteiger partial charge in [-0.2, -0.15) is 0 Å². The number of nitrogens with zero attached hydrogens (tertiary/aromatic N) is 6. The van der Waals surface area contributed by atoms with Gasteiger partial charge in [-0.1, -0.05) is 30.3 Å². The summed E-state index contributed by atoms with van der Waals surface area (Å²) in [6, 6.07) is 9.18. The molecule has 0 fully saturated rings. The van der Waals surface area contributed by atoms with Crippen LogP contribution in [0.2, 0.25) is 0 Å². The van der Waals surface area contributed by atoms with E-state index in [1.54, 1.807) is 44.2 Å². The van der Waals surface area contributed by atoms with Gasteiger partial charge in [-0.15, -0.1) is 0 Å². The topological polar surface area (TPSA) is 96.9 Å². The van der Waals surface area contributed by atoms with Gasteiger partial charge in [0.15, 0.2) is 5.69 Å². The number of aliphatic imine (C=N–C) groups is 1. The second-order valence-electron chi connectivity index (χ2n) is 6.27. The normalized spacial score (nSPS) is 11.3. The van der Waals surface area contributed by atoms with E-state index in [1.807, 2.05) is 30.3 Å². The largest absolute Gasteiger partial charge is 0.383 e. The van der Waals surface area contributed by atoms with Gasteiger partial charge in [-0.05, 0) is 11.6 Å². The highest BCUT2D eigenvalue weighted by molar-refractivity contribution is 5.61. The first-order valence-corrected chi connectivity index (χ1v) is 8.18. The minimum atomic E-state index is -0.747. The molecule has 0 saturated carbocycles. The lowest BCUT2D eigenvalue weighted by Gasteiger charge is -2.11. The Hall–Kier alpha value is -3.49. The zero-order valence-electron chi connectivity index (χ0n) is 15.7. The van der Waals surface area contributed by atoms with E-state index in [0.717, 1.165) is 5.56 Å². The van der Waals surface area contributed by atoms with Crippen LogP contribution < -0.4 is 5.56 Å². The summed E-state index contributed by atoms with van der Waals surface area (Å²) < 4.78 is 1.21. The minimum absolute atomic E-state index is 0.0334. The molecule has 0 spiro atoms. The molecule has 0 N–H and O–H groups in total. The molecule has 0 bridgehead atoms. The van der Waals surface area contributed by atoms with Crippen molar-refractivity contribution >= 4 is 24.1 Å². The Balaban J connectivity index is 2.69. The van der Waals surface area contributed by atoms with Gasteiger partial charge in [0.25, 0.3) is 0 Å². The van der Waals surface area contributed by atoms with E-state index < -0.39 is 16.2 Å². The molecule has 0 unspecified atom stereocenters. The van der Waals surface area contributed by atoms with E-state index in [2.05, 4.69) is 9.98 Å². The second-order valence-corrected chi connectivity index (χ2v) is 6.27. The van der Waals surface area contributed by atoms with E-state index in [4.69, 9.17) is 0 Å². The fourth-order valence-electron chi connectivity index (χ4n) is 2.23. The summed E-state index contributed by atoms with van der Waals surface area (Å²) in [4.78, 5) is 35.6. The zero-order chi connectivity index (χ0) is 20.0. The fraction of sp³-hybridized carbons (Fsp3) is 0.278. The molecule has 142 valence electrons. The molecule has 1 aromatic heterocycles. The van der Waals surface area contributed by atoms with Crippen molar-refractivity contribution in [2.75, 3.05) is 28.2 Å². The highest BCUT2D eigenvalue weighted by atomic mass is 16.6. The summed E-state index contributed by atoms with van der Waals surface area (Å²) in [6.07, 6.45) is 4.52. The van der Waals surface area contributed by atoms with Crippen molar-refractivity contribution in [2.24, 2.45) is 4.99 Å². The van der Waals surface area contributed by atoms with Gasteiger partial charge in [-0.25, -0.2) is 9.98 Å². The first kappa shape index (κ1) is 19.8. The second kappa shape index (κ2) is 8.75. The van der Waals surface area contributed by atoms with Crippen LogP contribution in [0, 0.1) is 10.1 Å². The van der Waals surface area contributed by atoms with Crippen LogP contribution in [-0.2, 0) is 6.54 Å². The zero-order valence-corrected chi connectivity index (χ0v) is 15.7. The number of hydrogen-bond donors (Lipinski definition) is 0. The van der Waals surface area contributed by atoms with E-state index in [9.17, 15) is 14.9 Å². The summed E-state index contributed by atoms with van der Waals surface area (Å²) in [7, 11) is 7.09. The van der Waals surface area contributed by atoms with E-state index in [0.29, 0.717) is 0 Å². The monoisotopic (exact) mass is 370 g/mol. The van der Waals surface area contributed by atoms with Gasteiger partial charge in [0, 0.05) is 34.4 Å². The lowest BCUT2D eigenvalue weighted by Crippen LogP contribution is -2.26. The lowest BCUT2D eigenvalue weighted by atomic mass is 10.2. The van der Waals surface area contributed by atoms with Crippen molar-refractivity contribution in [3.63, 3.8) is 0 Å². The highest BCUT2D eigenvalue weighted by Gasteiger charge is 2.24. The molecule has 1 heterocycles. The fourth-order valence-corrected chi connectivity index (χ4v) is 2.23. The molecule has 0 aliphatic rings. The maximum Gasteiger partial charge on any atom is 0.359 e. The molecule has 2 rings (SSSR count). The number of benzene rings is 1. The molecule has 0 aliphatic heterocycles. The number of hydrogen-bond acceptors (Lipinski definition) is 6. The number of rotatable bonds is 7. The van der Waals surface area contributed by atoms with E-state index in [1.165, 1.54) is 17.0 Å². The van der Waals surface area contributed by atoms with Crippen LogP contribution in [0.1, 0.15) is 11.3 Å². The van der Waals surface area contributed by atoms with Gasteiger partial charge in [0.1, 0.15) is 0 Å². The molecule has 9 heteroatoms. The standard InChI is InChI=1S/C18H22N6O3/c1-21(2)11-10-15-16(24(26)27)17(25)23(12-14-8-6-5-7-9-14)18(20-15)19-13-22(3)4/h5-11,13H,12H2,1-4H3/b11-10+,19-13?. The molecule has 27 heavy (non-hydrogen) atoms. The Bertz CT molecular complexity index is 917. The quantitative estimate of drug-likeness (QED) is 0.320. The molecule has 0 radical (unpaired) electrons. The van der Waals surface area contributed by atoms with Crippen LogP contribution in [-0.4, -0.2) is 58.8 Å². The first-order valence-electron chi connectivity index (χ1n) is 8.18. The van der Waals surface area contributed by atoms with Gasteiger partial charge < -0.3 is 9.80 Å². The molecule has 0 atom stereocenters. The minimum Gasteiger partial charge on any atom is -0.383 e. The molecule has 0 saturated heterocycles. The van der Waals surface area contributed by atoms with Gasteiger partial charge >= 0.3 is 11.2 Å². The van der Waals surface area contributed by atoms with Crippen molar-refractivity contribution in [1.29, 1.82) is 0 Å². The summed E-state index contributed by atoms with van der Waals surface area (Å²) in [5.74, 6) is 0.0987. The van der Waals surface area contributed by atoms with Crippen LogP contribution in [0.3, 0.4) is 0 Å².